The van der Waals surface area contributed by atoms with E-state index >= 15 is 0 Å². The summed E-state index contributed by atoms with van der Waals surface area (Å²) in [5, 5.41) is 10.6. The molecule has 1 amide bonds. The molecule has 0 atom stereocenters. The Morgan fingerprint density at radius 3 is 2.50 bits per heavy atom. The Bertz CT molecular complexity index is 688. The Kier molecular flexibility index (Phi) is 4.95. The summed E-state index contributed by atoms with van der Waals surface area (Å²) in [4.78, 5) is 23.1. The van der Waals surface area contributed by atoms with Crippen LogP contribution in [0.5, 0.6) is 11.5 Å². The third kappa shape index (κ3) is 3.73. The van der Waals surface area contributed by atoms with E-state index in [0.29, 0.717) is 17.2 Å². The lowest BCUT2D eigenvalue weighted by Gasteiger charge is -2.16. The van der Waals surface area contributed by atoms with Gasteiger partial charge >= 0.3 is 0 Å². The molecule has 2 rings (SSSR count). The maximum absolute atomic E-state index is 11.6. The van der Waals surface area contributed by atoms with Crippen molar-refractivity contribution in [1.82, 2.24) is 0 Å². The van der Waals surface area contributed by atoms with Crippen molar-refractivity contribution >= 4 is 28.9 Å². The Balaban J connectivity index is 2.16. The second kappa shape index (κ2) is 6.91. The van der Waals surface area contributed by atoms with Gasteiger partial charge in [0, 0.05) is 30.9 Å². The molecule has 0 fully saturated rings. The minimum Gasteiger partial charge on any atom is -0.457 e. The van der Waals surface area contributed by atoms with Crippen LogP contribution < -0.4 is 9.64 Å². The van der Waals surface area contributed by atoms with E-state index in [1.165, 1.54) is 29.2 Å². The molecule has 0 N–H and O–H groups in total. The van der Waals surface area contributed by atoms with Crippen molar-refractivity contribution in [2.24, 2.45) is 0 Å². The Labute approximate surface area is 132 Å². The van der Waals surface area contributed by atoms with Crippen LogP contribution in [-0.4, -0.2) is 23.8 Å². The van der Waals surface area contributed by atoms with Crippen molar-refractivity contribution in [2.45, 2.75) is 0 Å². The fraction of sp³-hybridized carbons (Fsp3) is 0.133. The number of carbonyl (C=O) groups excluding carboxylic acids is 1. The molecule has 2 aromatic rings. The minimum atomic E-state index is -0.475. The van der Waals surface area contributed by atoms with Gasteiger partial charge in [-0.05, 0) is 24.3 Å². The molecule has 114 valence electrons. The first kappa shape index (κ1) is 15.8. The number of anilines is 1. The second-order valence-corrected chi connectivity index (χ2v) is 4.70. The molecule has 0 heterocycles. The summed E-state index contributed by atoms with van der Waals surface area (Å²) >= 11 is 5.53. The molecule has 0 aliphatic heterocycles. The first-order valence-corrected chi connectivity index (χ1v) is 6.89. The van der Waals surface area contributed by atoms with Gasteiger partial charge in [-0.15, -0.1) is 11.6 Å². The van der Waals surface area contributed by atoms with E-state index in [4.69, 9.17) is 16.3 Å². The number of nitro benzene ring substituents is 1. The number of nitro groups is 1. The number of nitrogens with zero attached hydrogens (tertiary/aromatic N) is 2. The molecule has 0 spiro atoms. The number of hydrogen-bond donors (Lipinski definition) is 0. The second-order valence-electron chi connectivity index (χ2n) is 4.44. The maximum atomic E-state index is 11.6. The number of ether oxygens (including phenoxy) is 1. The van der Waals surface area contributed by atoms with E-state index in [-0.39, 0.29) is 17.5 Å². The summed E-state index contributed by atoms with van der Waals surface area (Å²) in [6.07, 6.45) is 0. The average Bonchev–Trinajstić information content (AvgIpc) is 2.54. The van der Waals surface area contributed by atoms with E-state index in [9.17, 15) is 14.9 Å². The molecule has 0 aromatic heterocycles. The van der Waals surface area contributed by atoms with Crippen molar-refractivity contribution in [1.29, 1.82) is 0 Å². The number of carbonyl (C=O) groups is 1. The van der Waals surface area contributed by atoms with Crippen LogP contribution in [0.1, 0.15) is 0 Å². The Morgan fingerprint density at radius 2 is 1.91 bits per heavy atom. The predicted molar refractivity (Wildman–Crippen MR) is 83.7 cm³/mol. The topological polar surface area (TPSA) is 72.7 Å². The lowest BCUT2D eigenvalue weighted by atomic mass is 10.2. The van der Waals surface area contributed by atoms with Crippen molar-refractivity contribution in [3.63, 3.8) is 0 Å². The molecule has 7 heteroatoms. The zero-order valence-electron chi connectivity index (χ0n) is 11.7. The maximum Gasteiger partial charge on any atom is 0.269 e. The zero-order chi connectivity index (χ0) is 16.1. The molecule has 0 saturated carbocycles. The van der Waals surface area contributed by atoms with Gasteiger partial charge in [-0.2, -0.15) is 0 Å². The monoisotopic (exact) mass is 320 g/mol. The first-order valence-electron chi connectivity index (χ1n) is 6.36. The summed E-state index contributed by atoms with van der Waals surface area (Å²) in [5.74, 6) is 0.646. The third-order valence-electron chi connectivity index (χ3n) is 2.98. The highest BCUT2D eigenvalue weighted by atomic mass is 35.5. The van der Waals surface area contributed by atoms with Crippen LogP contribution in [0.4, 0.5) is 11.4 Å². The number of amides is 1. The molecule has 0 saturated heterocycles. The van der Waals surface area contributed by atoms with Gasteiger partial charge in [-0.1, -0.05) is 6.07 Å². The summed E-state index contributed by atoms with van der Waals surface area (Å²) in [5.41, 5.74) is 0.638. The number of non-ortho nitro benzene ring substituents is 1. The molecule has 0 bridgehead atoms. The summed E-state index contributed by atoms with van der Waals surface area (Å²) in [6.45, 7) is 0. The van der Waals surface area contributed by atoms with Gasteiger partial charge in [-0.3, -0.25) is 14.9 Å². The van der Waals surface area contributed by atoms with E-state index in [0.717, 1.165) is 0 Å². The molecule has 0 unspecified atom stereocenters. The van der Waals surface area contributed by atoms with E-state index in [1.807, 2.05) is 0 Å². The van der Waals surface area contributed by atoms with Crippen LogP contribution in [0, 0.1) is 10.1 Å². The Hall–Kier alpha value is -2.60. The largest absolute Gasteiger partial charge is 0.457 e. The van der Waals surface area contributed by atoms with Crippen LogP contribution in [0.2, 0.25) is 0 Å². The highest BCUT2D eigenvalue weighted by molar-refractivity contribution is 6.29. The summed E-state index contributed by atoms with van der Waals surface area (Å²) < 4.78 is 5.62. The molecular weight excluding hydrogens is 308 g/mol. The van der Waals surface area contributed by atoms with Gasteiger partial charge in [0.2, 0.25) is 5.91 Å². The Morgan fingerprint density at radius 1 is 1.23 bits per heavy atom. The summed E-state index contributed by atoms with van der Waals surface area (Å²) in [6, 6.07) is 12.7. The van der Waals surface area contributed by atoms with Crippen LogP contribution >= 0.6 is 11.6 Å². The fourth-order valence-electron chi connectivity index (χ4n) is 1.76. The lowest BCUT2D eigenvalue weighted by molar-refractivity contribution is -0.384. The summed E-state index contributed by atoms with van der Waals surface area (Å²) in [7, 11) is 1.62. The SMILES string of the molecule is CN(C(=O)CCl)c1cccc(Oc2ccc([N+](=O)[O-])cc2)c1. The molecular formula is C15H13ClN2O4. The highest BCUT2D eigenvalue weighted by Crippen LogP contribution is 2.27. The van der Waals surface area contributed by atoms with Crippen molar-refractivity contribution in [3.8, 4) is 11.5 Å². The molecule has 6 nitrogen and oxygen atoms in total. The predicted octanol–water partition coefficient (Wildman–Crippen LogP) is 3.59. The minimum absolute atomic E-state index is 0.00598. The van der Waals surface area contributed by atoms with E-state index < -0.39 is 4.92 Å². The van der Waals surface area contributed by atoms with Crippen molar-refractivity contribution < 1.29 is 14.5 Å². The standard InChI is InChI=1S/C15H13ClN2O4/c1-17(15(19)10-16)12-3-2-4-14(9-12)22-13-7-5-11(6-8-13)18(20)21/h2-9H,10H2,1H3. The number of alkyl halides is 1. The van der Waals surface area contributed by atoms with Gasteiger partial charge in [0.25, 0.3) is 5.69 Å². The third-order valence-corrected chi connectivity index (χ3v) is 3.21. The molecule has 0 aliphatic rings. The van der Waals surface area contributed by atoms with E-state index in [1.54, 1.807) is 31.3 Å². The first-order chi connectivity index (χ1) is 10.5. The van der Waals surface area contributed by atoms with Crippen molar-refractivity contribution in [2.75, 3.05) is 17.8 Å². The van der Waals surface area contributed by atoms with Crippen LogP contribution in [0.3, 0.4) is 0 Å². The number of hydrogen-bond acceptors (Lipinski definition) is 4. The smallest absolute Gasteiger partial charge is 0.269 e. The van der Waals surface area contributed by atoms with Crippen LogP contribution in [-0.2, 0) is 4.79 Å². The number of benzene rings is 2. The van der Waals surface area contributed by atoms with Crippen LogP contribution in [0.15, 0.2) is 48.5 Å². The van der Waals surface area contributed by atoms with Gasteiger partial charge in [0.1, 0.15) is 17.4 Å². The molecule has 0 radical (unpaired) electrons. The average molecular weight is 321 g/mol. The van der Waals surface area contributed by atoms with Gasteiger partial charge < -0.3 is 9.64 Å². The number of halogens is 1. The fourth-order valence-corrected chi connectivity index (χ4v) is 1.94. The molecule has 2 aromatic carbocycles. The molecule has 22 heavy (non-hydrogen) atoms. The zero-order valence-corrected chi connectivity index (χ0v) is 12.5. The number of rotatable bonds is 5. The van der Waals surface area contributed by atoms with Crippen LogP contribution in [0.25, 0.3) is 0 Å². The van der Waals surface area contributed by atoms with E-state index in [2.05, 4.69) is 0 Å². The quantitative estimate of drug-likeness (QED) is 0.479. The highest BCUT2D eigenvalue weighted by Gasteiger charge is 2.10. The molecule has 0 aliphatic carbocycles. The van der Waals surface area contributed by atoms with Gasteiger partial charge in [0.05, 0.1) is 4.92 Å². The van der Waals surface area contributed by atoms with Crippen molar-refractivity contribution in [3.05, 3.63) is 58.6 Å². The normalized spacial score (nSPS) is 10.1. The van der Waals surface area contributed by atoms with Gasteiger partial charge in [0.15, 0.2) is 0 Å². The lowest BCUT2D eigenvalue weighted by Crippen LogP contribution is -2.27. The van der Waals surface area contributed by atoms with Gasteiger partial charge in [-0.25, -0.2) is 0 Å².